The maximum absolute atomic E-state index is 13.5. The zero-order chi connectivity index (χ0) is 25.4. The summed E-state index contributed by atoms with van der Waals surface area (Å²) in [5.74, 6) is -0.345. The zero-order valence-electron chi connectivity index (χ0n) is 20.3. The van der Waals surface area contributed by atoms with Crippen molar-refractivity contribution in [2.45, 2.75) is 25.8 Å². The molecule has 2 aromatic heterocycles. The third-order valence-electron chi connectivity index (χ3n) is 6.76. The first-order valence-corrected chi connectivity index (χ1v) is 11.8. The molecule has 186 valence electrons. The Labute approximate surface area is 208 Å². The molecule has 0 aliphatic carbocycles. The SMILES string of the molecule is COc1cnc(-n2ncnc2C)c2c1C(C(=O)C(=O)N1CCN(C(=O)c3ccccc3)[C@H](C)C1)CN2. The van der Waals surface area contributed by atoms with Crippen LogP contribution in [0.15, 0.2) is 42.9 Å². The summed E-state index contributed by atoms with van der Waals surface area (Å²) in [6.07, 6.45) is 2.96. The van der Waals surface area contributed by atoms with Gasteiger partial charge >= 0.3 is 0 Å². The van der Waals surface area contributed by atoms with Gasteiger partial charge in [-0.3, -0.25) is 14.4 Å². The van der Waals surface area contributed by atoms with E-state index in [1.54, 1.807) is 28.6 Å². The number of pyridine rings is 1. The number of ketones is 1. The molecule has 0 spiro atoms. The van der Waals surface area contributed by atoms with Crippen LogP contribution in [-0.2, 0) is 9.59 Å². The average molecular weight is 490 g/mol. The molecule has 4 heterocycles. The number of amides is 2. The van der Waals surface area contributed by atoms with Crippen LogP contribution in [0, 0.1) is 6.92 Å². The first-order chi connectivity index (χ1) is 17.4. The predicted molar refractivity (Wildman–Crippen MR) is 130 cm³/mol. The maximum Gasteiger partial charge on any atom is 0.290 e. The summed E-state index contributed by atoms with van der Waals surface area (Å²) >= 11 is 0. The summed E-state index contributed by atoms with van der Waals surface area (Å²) in [4.78, 5) is 51.6. The number of hydrogen-bond donors (Lipinski definition) is 1. The van der Waals surface area contributed by atoms with Crippen molar-refractivity contribution in [3.05, 3.63) is 59.8 Å². The van der Waals surface area contributed by atoms with Crippen molar-refractivity contribution >= 4 is 23.3 Å². The normalized spacial score (nSPS) is 19.0. The van der Waals surface area contributed by atoms with Gasteiger partial charge in [0.15, 0.2) is 5.82 Å². The number of carbonyl (C=O) groups is 3. The van der Waals surface area contributed by atoms with E-state index in [1.807, 2.05) is 25.1 Å². The Hall–Kier alpha value is -4.28. The number of ether oxygens (including phenoxy) is 1. The van der Waals surface area contributed by atoms with Crippen LogP contribution in [0.4, 0.5) is 5.69 Å². The highest BCUT2D eigenvalue weighted by atomic mass is 16.5. The quantitative estimate of drug-likeness (QED) is 0.534. The molecular weight excluding hydrogens is 462 g/mol. The molecule has 1 N–H and O–H groups in total. The van der Waals surface area contributed by atoms with Gasteiger partial charge in [-0.25, -0.2) is 9.97 Å². The molecule has 2 aliphatic heterocycles. The van der Waals surface area contributed by atoms with Gasteiger partial charge in [-0.2, -0.15) is 9.78 Å². The molecule has 11 nitrogen and oxygen atoms in total. The molecule has 1 fully saturated rings. The summed E-state index contributed by atoms with van der Waals surface area (Å²) in [5, 5.41) is 7.44. The van der Waals surface area contributed by atoms with Crippen LogP contribution in [0.1, 0.15) is 34.6 Å². The largest absolute Gasteiger partial charge is 0.495 e. The van der Waals surface area contributed by atoms with Crippen molar-refractivity contribution in [1.82, 2.24) is 29.5 Å². The fraction of sp³-hybridized carbons (Fsp3) is 0.360. The number of fused-ring (bicyclic) bond motifs is 1. The third-order valence-corrected chi connectivity index (χ3v) is 6.76. The lowest BCUT2D eigenvalue weighted by Gasteiger charge is -2.39. The van der Waals surface area contributed by atoms with E-state index in [0.29, 0.717) is 40.8 Å². The van der Waals surface area contributed by atoms with Gasteiger partial charge in [-0.05, 0) is 26.0 Å². The standard InChI is InChI=1S/C25H27N7O4/c1-15-13-30(9-10-31(15)24(34)17-7-5-4-6-8-17)25(35)22(33)18-11-26-21-20(18)19(36-3)12-27-23(21)32-16(2)28-14-29-32/h4-8,12,14-15,18,26H,9-11,13H2,1-3H3/t15-,18?/m1/s1. The van der Waals surface area contributed by atoms with Crippen LogP contribution in [0.3, 0.4) is 0 Å². The van der Waals surface area contributed by atoms with Gasteiger partial charge in [-0.15, -0.1) is 0 Å². The molecular formula is C25H27N7O4. The van der Waals surface area contributed by atoms with Crippen molar-refractivity contribution in [2.24, 2.45) is 0 Å². The van der Waals surface area contributed by atoms with Crippen LogP contribution in [-0.4, -0.2) is 86.5 Å². The molecule has 11 heteroatoms. The van der Waals surface area contributed by atoms with Crippen LogP contribution in [0.5, 0.6) is 5.75 Å². The fourth-order valence-electron chi connectivity index (χ4n) is 4.87. The number of nitrogens with one attached hydrogen (secondary N) is 1. The van der Waals surface area contributed by atoms with Crippen LogP contribution >= 0.6 is 0 Å². The van der Waals surface area contributed by atoms with Crippen molar-refractivity contribution in [2.75, 3.05) is 38.6 Å². The Morgan fingerprint density at radius 3 is 2.56 bits per heavy atom. The number of hydrogen-bond acceptors (Lipinski definition) is 8. The highest BCUT2D eigenvalue weighted by Crippen LogP contribution is 2.42. The summed E-state index contributed by atoms with van der Waals surface area (Å²) in [7, 11) is 1.50. The summed E-state index contributed by atoms with van der Waals surface area (Å²) in [5.41, 5.74) is 1.79. The van der Waals surface area contributed by atoms with Gasteiger partial charge in [0.2, 0.25) is 5.78 Å². The lowest BCUT2D eigenvalue weighted by Crippen LogP contribution is -2.57. The molecule has 2 amide bonds. The highest BCUT2D eigenvalue weighted by molar-refractivity contribution is 6.38. The van der Waals surface area contributed by atoms with Gasteiger partial charge in [-0.1, -0.05) is 18.2 Å². The highest BCUT2D eigenvalue weighted by Gasteiger charge is 2.41. The van der Waals surface area contributed by atoms with E-state index in [0.717, 1.165) is 0 Å². The third kappa shape index (κ3) is 3.96. The Balaban J connectivity index is 1.35. The van der Waals surface area contributed by atoms with Gasteiger partial charge in [0.25, 0.3) is 11.8 Å². The number of piperazine rings is 1. The zero-order valence-corrected chi connectivity index (χ0v) is 20.3. The first kappa shape index (κ1) is 23.5. The van der Waals surface area contributed by atoms with Crippen LogP contribution in [0.2, 0.25) is 0 Å². The molecule has 5 rings (SSSR count). The Bertz CT molecular complexity index is 1320. The molecule has 1 unspecified atom stereocenters. The Morgan fingerprint density at radius 1 is 1.11 bits per heavy atom. The molecule has 3 aromatic rings. The fourth-order valence-corrected chi connectivity index (χ4v) is 4.87. The predicted octanol–water partition coefficient (Wildman–Crippen LogP) is 1.43. The van der Waals surface area contributed by atoms with Crippen molar-refractivity contribution in [3.8, 4) is 11.6 Å². The molecule has 0 saturated carbocycles. The number of Topliss-reactive ketones (excluding diaryl/α,β-unsaturated/α-hetero) is 1. The second-order valence-electron chi connectivity index (χ2n) is 8.92. The van der Waals surface area contributed by atoms with E-state index in [4.69, 9.17) is 4.74 Å². The minimum Gasteiger partial charge on any atom is -0.495 e. The number of aryl methyl sites for hydroxylation is 1. The maximum atomic E-state index is 13.5. The molecule has 1 saturated heterocycles. The number of methoxy groups -OCH3 is 1. The minimum atomic E-state index is -0.729. The van der Waals surface area contributed by atoms with E-state index >= 15 is 0 Å². The molecule has 0 bridgehead atoms. The Kier molecular flexibility index (Phi) is 6.13. The number of anilines is 1. The number of aromatic nitrogens is 4. The van der Waals surface area contributed by atoms with E-state index in [9.17, 15) is 14.4 Å². The monoisotopic (exact) mass is 489 g/mol. The average Bonchev–Trinajstić information content (AvgIpc) is 3.54. The van der Waals surface area contributed by atoms with E-state index in [1.165, 1.54) is 24.5 Å². The summed E-state index contributed by atoms with van der Waals surface area (Å²) in [6, 6.07) is 8.83. The topological polar surface area (TPSA) is 123 Å². The number of nitrogens with zero attached hydrogens (tertiary/aromatic N) is 6. The number of rotatable bonds is 5. The van der Waals surface area contributed by atoms with Crippen molar-refractivity contribution < 1.29 is 19.1 Å². The first-order valence-electron chi connectivity index (χ1n) is 11.8. The summed E-state index contributed by atoms with van der Waals surface area (Å²) < 4.78 is 7.07. The number of carbonyl (C=O) groups excluding carboxylic acids is 3. The molecule has 36 heavy (non-hydrogen) atoms. The van der Waals surface area contributed by atoms with Crippen LogP contribution < -0.4 is 10.1 Å². The lowest BCUT2D eigenvalue weighted by molar-refractivity contribution is -0.146. The second kappa shape index (κ2) is 9.40. The molecule has 2 atom stereocenters. The second-order valence-corrected chi connectivity index (χ2v) is 8.92. The van der Waals surface area contributed by atoms with Gasteiger partial charge in [0, 0.05) is 43.3 Å². The van der Waals surface area contributed by atoms with Gasteiger partial charge in [0.05, 0.1) is 24.9 Å². The minimum absolute atomic E-state index is 0.0800. The molecule has 1 aromatic carbocycles. The van der Waals surface area contributed by atoms with E-state index in [2.05, 4.69) is 20.4 Å². The smallest absolute Gasteiger partial charge is 0.290 e. The van der Waals surface area contributed by atoms with E-state index < -0.39 is 17.6 Å². The van der Waals surface area contributed by atoms with Crippen molar-refractivity contribution in [3.63, 3.8) is 0 Å². The van der Waals surface area contributed by atoms with Gasteiger partial charge < -0.3 is 19.9 Å². The molecule has 2 aliphatic rings. The van der Waals surface area contributed by atoms with Crippen molar-refractivity contribution in [1.29, 1.82) is 0 Å². The molecule has 0 radical (unpaired) electrons. The Morgan fingerprint density at radius 2 is 1.89 bits per heavy atom. The van der Waals surface area contributed by atoms with Crippen LogP contribution in [0.25, 0.3) is 5.82 Å². The lowest BCUT2D eigenvalue weighted by atomic mass is 9.95. The summed E-state index contributed by atoms with van der Waals surface area (Å²) in [6.45, 7) is 4.86. The number of benzene rings is 1. The van der Waals surface area contributed by atoms with Gasteiger partial charge in [0.1, 0.15) is 17.9 Å². The van der Waals surface area contributed by atoms with E-state index in [-0.39, 0.29) is 31.6 Å².